The molecule has 0 aliphatic rings. The molecule has 1 heterocycles. The molecule has 0 unspecified atom stereocenters. The average Bonchev–Trinajstić information content (AvgIpc) is 2.75. The summed E-state index contributed by atoms with van der Waals surface area (Å²) in [7, 11) is 0. The van der Waals surface area contributed by atoms with E-state index in [4.69, 9.17) is 9.68 Å². The maximum atomic E-state index is 13.4. The van der Waals surface area contributed by atoms with Gasteiger partial charge in [0.15, 0.2) is 5.58 Å². The molecular weight excluding hydrogens is 259 g/mol. The normalized spacial score (nSPS) is 10.6. The van der Waals surface area contributed by atoms with Crippen molar-refractivity contribution in [1.82, 2.24) is 4.57 Å². The molecule has 0 aliphatic heterocycles. The number of rotatable bonds is 2. The van der Waals surface area contributed by atoms with Crippen molar-refractivity contribution >= 4 is 11.1 Å². The number of fused-ring (bicyclic) bond motifs is 1. The quantitative estimate of drug-likeness (QED) is 0.718. The summed E-state index contributed by atoms with van der Waals surface area (Å²) < 4.78 is 19.9. The fraction of sp³-hybridized carbons (Fsp3) is 0.0667. The van der Waals surface area contributed by atoms with Crippen molar-refractivity contribution < 1.29 is 8.81 Å². The fourth-order valence-corrected chi connectivity index (χ4v) is 2.15. The Kier molecular flexibility index (Phi) is 2.84. The molecule has 0 aliphatic carbocycles. The zero-order valence-corrected chi connectivity index (χ0v) is 10.3. The lowest BCUT2D eigenvalue weighted by molar-refractivity contribution is 0.517. The maximum absolute atomic E-state index is 13.4. The highest BCUT2D eigenvalue weighted by atomic mass is 19.1. The molecule has 20 heavy (non-hydrogen) atoms. The number of nitriles is 1. The van der Waals surface area contributed by atoms with Crippen molar-refractivity contribution in [2.45, 2.75) is 6.54 Å². The van der Waals surface area contributed by atoms with E-state index in [0.29, 0.717) is 16.7 Å². The molecule has 0 bridgehead atoms. The second-order valence-corrected chi connectivity index (χ2v) is 4.38. The lowest BCUT2D eigenvalue weighted by Gasteiger charge is -2.03. The van der Waals surface area contributed by atoms with E-state index in [0.717, 1.165) is 6.07 Å². The SMILES string of the molecule is N#Cc1cc(F)cc(Cn2c(=O)oc3ccccc32)c1. The summed E-state index contributed by atoms with van der Waals surface area (Å²) >= 11 is 0. The molecule has 98 valence electrons. The van der Waals surface area contributed by atoms with Crippen LogP contribution in [0.25, 0.3) is 11.1 Å². The van der Waals surface area contributed by atoms with E-state index in [1.54, 1.807) is 30.3 Å². The highest BCUT2D eigenvalue weighted by Crippen LogP contribution is 2.15. The first-order valence-electron chi connectivity index (χ1n) is 5.95. The fourth-order valence-electron chi connectivity index (χ4n) is 2.15. The van der Waals surface area contributed by atoms with Crippen molar-refractivity contribution in [3.05, 3.63) is 70.0 Å². The number of aromatic nitrogens is 1. The Labute approximate surface area is 113 Å². The molecule has 4 nitrogen and oxygen atoms in total. The number of nitrogens with zero attached hydrogens (tertiary/aromatic N) is 2. The molecular formula is C15H9FN2O2. The van der Waals surface area contributed by atoms with Gasteiger partial charge >= 0.3 is 5.76 Å². The third-order valence-corrected chi connectivity index (χ3v) is 3.00. The van der Waals surface area contributed by atoms with Gasteiger partial charge in [-0.1, -0.05) is 12.1 Å². The topological polar surface area (TPSA) is 58.9 Å². The van der Waals surface area contributed by atoms with E-state index < -0.39 is 11.6 Å². The third kappa shape index (κ3) is 2.08. The molecule has 0 atom stereocenters. The zero-order chi connectivity index (χ0) is 14.1. The summed E-state index contributed by atoms with van der Waals surface area (Å²) in [6, 6.07) is 12.9. The number of hydrogen-bond donors (Lipinski definition) is 0. The molecule has 1 aromatic heterocycles. The highest BCUT2D eigenvalue weighted by Gasteiger charge is 2.10. The van der Waals surface area contributed by atoms with Gasteiger partial charge in [0.1, 0.15) is 5.82 Å². The van der Waals surface area contributed by atoms with Gasteiger partial charge in [-0.05, 0) is 35.9 Å². The maximum Gasteiger partial charge on any atom is 0.420 e. The molecule has 3 aromatic rings. The third-order valence-electron chi connectivity index (χ3n) is 3.00. The second-order valence-electron chi connectivity index (χ2n) is 4.38. The van der Waals surface area contributed by atoms with Crippen molar-refractivity contribution in [2.24, 2.45) is 0 Å². The van der Waals surface area contributed by atoms with Gasteiger partial charge in [-0.2, -0.15) is 5.26 Å². The van der Waals surface area contributed by atoms with Crippen molar-refractivity contribution in [3.8, 4) is 6.07 Å². The van der Waals surface area contributed by atoms with Gasteiger partial charge in [0.25, 0.3) is 0 Å². The summed E-state index contributed by atoms with van der Waals surface area (Å²) in [6.45, 7) is 0.155. The number of para-hydroxylation sites is 2. The zero-order valence-electron chi connectivity index (χ0n) is 10.3. The van der Waals surface area contributed by atoms with E-state index in [1.807, 2.05) is 6.07 Å². The monoisotopic (exact) mass is 268 g/mol. The van der Waals surface area contributed by atoms with Crippen molar-refractivity contribution in [2.75, 3.05) is 0 Å². The van der Waals surface area contributed by atoms with Crippen LogP contribution in [0.5, 0.6) is 0 Å². The predicted octanol–water partition coefficient (Wildman–Crippen LogP) is 2.65. The largest absolute Gasteiger partial charge is 0.420 e. The Morgan fingerprint density at radius 2 is 2.05 bits per heavy atom. The minimum absolute atomic E-state index is 0.155. The lowest BCUT2D eigenvalue weighted by Crippen LogP contribution is -2.15. The number of benzene rings is 2. The Morgan fingerprint density at radius 3 is 2.85 bits per heavy atom. The minimum Gasteiger partial charge on any atom is -0.408 e. The summed E-state index contributed by atoms with van der Waals surface area (Å²) in [5.74, 6) is -1.01. The van der Waals surface area contributed by atoms with Gasteiger partial charge in [-0.25, -0.2) is 9.18 Å². The summed E-state index contributed by atoms with van der Waals surface area (Å²) in [6.07, 6.45) is 0. The van der Waals surface area contributed by atoms with Crippen LogP contribution in [-0.4, -0.2) is 4.57 Å². The van der Waals surface area contributed by atoms with Gasteiger partial charge in [0.2, 0.25) is 0 Å². The Morgan fingerprint density at radius 1 is 1.25 bits per heavy atom. The second kappa shape index (κ2) is 4.67. The average molecular weight is 268 g/mol. The smallest absolute Gasteiger partial charge is 0.408 e. The van der Waals surface area contributed by atoms with Crippen LogP contribution in [0.1, 0.15) is 11.1 Å². The summed E-state index contributed by atoms with van der Waals surface area (Å²) in [4.78, 5) is 11.8. The van der Waals surface area contributed by atoms with Crippen LogP contribution in [0.3, 0.4) is 0 Å². The van der Waals surface area contributed by atoms with Gasteiger partial charge in [-0.3, -0.25) is 4.57 Å². The molecule has 0 saturated heterocycles. The molecule has 2 aromatic carbocycles. The first-order valence-corrected chi connectivity index (χ1v) is 5.95. The minimum atomic E-state index is -0.506. The number of oxazole rings is 1. The van der Waals surface area contributed by atoms with Crippen LogP contribution >= 0.6 is 0 Å². The first kappa shape index (κ1) is 12.2. The van der Waals surface area contributed by atoms with E-state index in [9.17, 15) is 9.18 Å². The van der Waals surface area contributed by atoms with E-state index in [-0.39, 0.29) is 12.1 Å². The van der Waals surface area contributed by atoms with Crippen LogP contribution < -0.4 is 5.76 Å². The van der Waals surface area contributed by atoms with Crippen molar-refractivity contribution in [1.29, 1.82) is 5.26 Å². The molecule has 0 amide bonds. The van der Waals surface area contributed by atoms with Crippen LogP contribution in [0.15, 0.2) is 51.7 Å². The van der Waals surface area contributed by atoms with Gasteiger partial charge in [-0.15, -0.1) is 0 Å². The van der Waals surface area contributed by atoms with E-state index >= 15 is 0 Å². The molecule has 0 saturated carbocycles. The summed E-state index contributed by atoms with van der Waals surface area (Å²) in [5, 5.41) is 8.84. The highest BCUT2D eigenvalue weighted by molar-refractivity contribution is 5.72. The predicted molar refractivity (Wildman–Crippen MR) is 70.7 cm³/mol. The van der Waals surface area contributed by atoms with E-state index in [2.05, 4.69) is 0 Å². The molecule has 0 radical (unpaired) electrons. The van der Waals surface area contributed by atoms with Crippen LogP contribution in [0.2, 0.25) is 0 Å². The lowest BCUT2D eigenvalue weighted by atomic mass is 10.1. The van der Waals surface area contributed by atoms with E-state index in [1.165, 1.54) is 10.6 Å². The van der Waals surface area contributed by atoms with Crippen LogP contribution in [-0.2, 0) is 6.54 Å². The number of halogens is 1. The Bertz CT molecular complexity index is 887. The number of hydrogen-bond acceptors (Lipinski definition) is 3. The Hall–Kier alpha value is -2.87. The molecule has 5 heteroatoms. The standard InChI is InChI=1S/C15H9FN2O2/c16-12-6-10(8-17)5-11(7-12)9-18-13-3-1-2-4-14(13)20-15(18)19/h1-7H,9H2. The summed E-state index contributed by atoms with van der Waals surface area (Å²) in [5.41, 5.74) is 1.88. The van der Waals surface area contributed by atoms with Gasteiger partial charge < -0.3 is 4.42 Å². The molecule has 0 spiro atoms. The first-order chi connectivity index (χ1) is 9.67. The molecule has 3 rings (SSSR count). The van der Waals surface area contributed by atoms with Gasteiger partial charge in [0, 0.05) is 0 Å². The van der Waals surface area contributed by atoms with Crippen LogP contribution in [0, 0.1) is 17.1 Å². The van der Waals surface area contributed by atoms with Crippen molar-refractivity contribution in [3.63, 3.8) is 0 Å². The molecule has 0 fully saturated rings. The van der Waals surface area contributed by atoms with Gasteiger partial charge in [0.05, 0.1) is 23.7 Å². The Balaban J connectivity index is 2.10. The van der Waals surface area contributed by atoms with Crippen LogP contribution in [0.4, 0.5) is 4.39 Å². The molecule has 0 N–H and O–H groups in total.